The van der Waals surface area contributed by atoms with Gasteiger partial charge < -0.3 is 9.05 Å². The first-order valence-corrected chi connectivity index (χ1v) is 9.13. The lowest BCUT2D eigenvalue weighted by Crippen LogP contribution is -2.51. The van der Waals surface area contributed by atoms with Crippen LogP contribution in [0.2, 0.25) is 0 Å². The summed E-state index contributed by atoms with van der Waals surface area (Å²) in [6, 6.07) is 0. The molecule has 136 valence electrons. The lowest BCUT2D eigenvalue weighted by Gasteiger charge is -2.51. The van der Waals surface area contributed by atoms with Gasteiger partial charge in [0.25, 0.3) is 0 Å². The second kappa shape index (κ2) is 4.84. The fourth-order valence-corrected chi connectivity index (χ4v) is 5.55. The molecular weight excluding hydrogens is 330 g/mol. The predicted octanol–water partition coefficient (Wildman–Crippen LogP) is 3.12. The minimum atomic E-state index is -0.0725. The average Bonchev–Trinajstić information content (AvgIpc) is 3.26. The van der Waals surface area contributed by atoms with Crippen molar-refractivity contribution in [3.63, 3.8) is 0 Å². The van der Waals surface area contributed by atoms with Crippen LogP contribution in [0.25, 0.3) is 11.5 Å². The number of aryl methyl sites for hydroxylation is 2. The molecule has 7 nitrogen and oxygen atoms in total. The average molecular weight is 353 g/mol. The Hall–Kier alpha value is -2.44. The van der Waals surface area contributed by atoms with Crippen LogP contribution in [0.1, 0.15) is 55.7 Å². The van der Waals surface area contributed by atoms with E-state index in [1.165, 1.54) is 11.1 Å². The summed E-state index contributed by atoms with van der Waals surface area (Å²) < 4.78 is 12.8. The van der Waals surface area contributed by atoms with Crippen LogP contribution in [0.5, 0.6) is 0 Å². The van der Waals surface area contributed by atoms with Crippen molar-refractivity contribution in [3.8, 4) is 11.5 Å². The Kier molecular flexibility index (Phi) is 2.94. The van der Waals surface area contributed by atoms with Gasteiger partial charge in [-0.05, 0) is 25.2 Å². The van der Waals surface area contributed by atoms with Crippen molar-refractivity contribution in [1.29, 1.82) is 0 Å². The van der Waals surface area contributed by atoms with Crippen molar-refractivity contribution in [2.75, 3.05) is 0 Å². The first-order valence-electron chi connectivity index (χ1n) is 9.13. The molecule has 5 rings (SSSR count). The molecule has 3 aromatic rings. The molecule has 3 heterocycles. The molecule has 0 radical (unpaired) electrons. The fourth-order valence-electron chi connectivity index (χ4n) is 5.55. The van der Waals surface area contributed by atoms with Gasteiger partial charge in [-0.2, -0.15) is 10.1 Å². The van der Waals surface area contributed by atoms with Crippen LogP contribution in [0.3, 0.4) is 0 Å². The summed E-state index contributed by atoms with van der Waals surface area (Å²) in [6.45, 7) is 8.70. The highest BCUT2D eigenvalue weighted by Gasteiger charge is 2.56. The zero-order chi connectivity index (χ0) is 18.3. The van der Waals surface area contributed by atoms with Crippen LogP contribution < -0.4 is 0 Å². The third kappa shape index (κ3) is 1.83. The lowest BCUT2D eigenvalue weighted by molar-refractivity contribution is 0.109. The van der Waals surface area contributed by atoms with Crippen molar-refractivity contribution >= 4 is 0 Å². The number of fused-ring (bicyclic) bond motifs is 4. The number of aromatic nitrogens is 5. The molecule has 3 aromatic heterocycles. The van der Waals surface area contributed by atoms with E-state index >= 15 is 0 Å². The van der Waals surface area contributed by atoms with E-state index in [0.717, 1.165) is 36.4 Å². The largest absolute Gasteiger partial charge is 0.361 e. The number of hydrogen-bond acceptors (Lipinski definition) is 6. The molecule has 26 heavy (non-hydrogen) atoms. The summed E-state index contributed by atoms with van der Waals surface area (Å²) >= 11 is 0. The maximum atomic E-state index is 5.65. The van der Waals surface area contributed by atoms with Gasteiger partial charge in [-0.3, -0.25) is 4.68 Å². The molecule has 7 heteroatoms. The zero-order valence-electron chi connectivity index (χ0n) is 15.8. The molecular formula is C19H23N5O2. The Labute approximate surface area is 151 Å². The van der Waals surface area contributed by atoms with Gasteiger partial charge in [-0.1, -0.05) is 31.1 Å². The maximum Gasteiger partial charge on any atom is 0.223 e. The van der Waals surface area contributed by atoms with Crippen LogP contribution in [0.4, 0.5) is 0 Å². The van der Waals surface area contributed by atoms with Gasteiger partial charge in [0, 0.05) is 35.9 Å². The molecule has 2 aliphatic rings. The van der Waals surface area contributed by atoms with E-state index < -0.39 is 0 Å². The van der Waals surface area contributed by atoms with E-state index in [1.54, 1.807) is 0 Å². The highest BCUT2D eigenvalue weighted by Crippen LogP contribution is 2.56. The number of rotatable bonds is 1. The second-order valence-electron chi connectivity index (χ2n) is 8.52. The standard InChI is InChI=1S/C19H23N5O2/c1-10-21-17(23-25-10)14-12-6-7-13-18(2,3)16-11(9-20-26-16)8-19(13,4)15(12)22-24(14)5/h9,13H,6-8H2,1-5H3/t13-,19-/m0/s1. The molecule has 2 aliphatic carbocycles. The van der Waals surface area contributed by atoms with E-state index in [0.29, 0.717) is 17.6 Å². The summed E-state index contributed by atoms with van der Waals surface area (Å²) in [5.74, 6) is 2.68. The molecule has 0 fully saturated rings. The van der Waals surface area contributed by atoms with Gasteiger partial charge in [0.2, 0.25) is 11.7 Å². The van der Waals surface area contributed by atoms with Gasteiger partial charge in [-0.25, -0.2) is 0 Å². The second-order valence-corrected chi connectivity index (χ2v) is 8.52. The Morgan fingerprint density at radius 2 is 2.04 bits per heavy atom. The summed E-state index contributed by atoms with van der Waals surface area (Å²) in [4.78, 5) is 4.44. The molecule has 0 spiro atoms. The summed E-state index contributed by atoms with van der Waals surface area (Å²) in [7, 11) is 1.97. The Balaban J connectivity index is 1.71. The monoisotopic (exact) mass is 353 g/mol. The van der Waals surface area contributed by atoms with Crippen molar-refractivity contribution in [2.24, 2.45) is 13.0 Å². The summed E-state index contributed by atoms with van der Waals surface area (Å²) in [5.41, 5.74) is 4.45. The minimum absolute atomic E-state index is 0.0651. The smallest absolute Gasteiger partial charge is 0.223 e. The van der Waals surface area contributed by atoms with Gasteiger partial charge >= 0.3 is 0 Å². The van der Waals surface area contributed by atoms with Gasteiger partial charge in [0.1, 0.15) is 11.5 Å². The van der Waals surface area contributed by atoms with Gasteiger partial charge in [0.15, 0.2) is 0 Å². The van der Waals surface area contributed by atoms with Gasteiger partial charge in [0.05, 0.1) is 11.9 Å². The fraction of sp³-hybridized carbons (Fsp3) is 0.579. The molecule has 0 unspecified atom stereocenters. The van der Waals surface area contributed by atoms with Crippen LogP contribution in [0, 0.1) is 12.8 Å². The topological polar surface area (TPSA) is 82.8 Å². The molecule has 0 aliphatic heterocycles. The minimum Gasteiger partial charge on any atom is -0.361 e. The van der Waals surface area contributed by atoms with Crippen molar-refractivity contribution in [3.05, 3.63) is 34.7 Å². The van der Waals surface area contributed by atoms with E-state index in [1.807, 2.05) is 24.9 Å². The van der Waals surface area contributed by atoms with Crippen molar-refractivity contribution in [2.45, 2.75) is 57.8 Å². The normalized spacial score (nSPS) is 26.3. The maximum absolute atomic E-state index is 5.65. The van der Waals surface area contributed by atoms with E-state index in [-0.39, 0.29) is 10.8 Å². The molecule has 0 saturated heterocycles. The molecule has 0 bridgehead atoms. The van der Waals surface area contributed by atoms with E-state index in [2.05, 4.69) is 36.1 Å². The quantitative estimate of drug-likeness (QED) is 0.668. The molecule has 0 N–H and O–H groups in total. The highest BCUT2D eigenvalue weighted by atomic mass is 16.5. The van der Waals surface area contributed by atoms with Gasteiger partial charge in [-0.15, -0.1) is 0 Å². The van der Waals surface area contributed by atoms with Crippen LogP contribution in [0.15, 0.2) is 15.2 Å². The van der Waals surface area contributed by atoms with Crippen molar-refractivity contribution in [1.82, 2.24) is 25.1 Å². The summed E-state index contributed by atoms with van der Waals surface area (Å²) in [5, 5.41) is 13.2. The Morgan fingerprint density at radius 3 is 2.77 bits per heavy atom. The van der Waals surface area contributed by atoms with E-state index in [4.69, 9.17) is 14.1 Å². The van der Waals surface area contributed by atoms with E-state index in [9.17, 15) is 0 Å². The van der Waals surface area contributed by atoms with Crippen LogP contribution >= 0.6 is 0 Å². The highest BCUT2D eigenvalue weighted by molar-refractivity contribution is 5.59. The third-order valence-electron chi connectivity index (χ3n) is 6.54. The van der Waals surface area contributed by atoms with Crippen molar-refractivity contribution < 1.29 is 9.05 Å². The summed E-state index contributed by atoms with van der Waals surface area (Å²) in [6.07, 6.45) is 4.80. The first-order chi connectivity index (χ1) is 12.3. The number of nitrogens with zero attached hydrogens (tertiary/aromatic N) is 5. The van der Waals surface area contributed by atoms with Crippen LogP contribution in [-0.2, 0) is 30.7 Å². The van der Waals surface area contributed by atoms with Crippen LogP contribution in [-0.4, -0.2) is 25.1 Å². The zero-order valence-corrected chi connectivity index (χ0v) is 15.8. The Morgan fingerprint density at radius 1 is 1.23 bits per heavy atom. The molecule has 2 atom stereocenters. The Bertz CT molecular complexity index is 1010. The molecule has 0 aromatic carbocycles. The number of hydrogen-bond donors (Lipinski definition) is 0. The third-order valence-corrected chi connectivity index (χ3v) is 6.54. The first kappa shape index (κ1) is 15.8. The lowest BCUT2D eigenvalue weighted by atomic mass is 9.51. The SMILES string of the molecule is Cc1nc(-c2c3c(nn2C)[C@@]2(C)Cc4cnoc4C(C)(C)[C@@H]2CC3)no1. The molecule has 0 saturated carbocycles. The predicted molar refractivity (Wildman–Crippen MR) is 93.6 cm³/mol. The molecule has 0 amide bonds.